The number of sulfonamides is 1. The summed E-state index contributed by atoms with van der Waals surface area (Å²) in [6, 6.07) is 13.2. The number of hydrogen-bond donors (Lipinski definition) is 3. The van der Waals surface area contributed by atoms with Gasteiger partial charge in [-0.1, -0.05) is 42.5 Å². The zero-order valence-electron chi connectivity index (χ0n) is 12.2. The van der Waals surface area contributed by atoms with Gasteiger partial charge in [-0.25, -0.2) is 13.1 Å². The first-order valence-electron chi connectivity index (χ1n) is 6.90. The number of aliphatic carboxylic acids is 1. The van der Waals surface area contributed by atoms with E-state index >= 15 is 0 Å². The van der Waals surface area contributed by atoms with Crippen LogP contribution in [0.25, 0.3) is 0 Å². The molecule has 1 atom stereocenters. The van der Waals surface area contributed by atoms with E-state index in [-0.39, 0.29) is 17.9 Å². The topological polar surface area (TPSA) is 104 Å². The fourth-order valence-corrected chi connectivity index (χ4v) is 3.43. The van der Waals surface area contributed by atoms with Crippen LogP contribution in [0.1, 0.15) is 11.1 Å². The lowest BCUT2D eigenvalue weighted by atomic mass is 10.1. The molecule has 0 saturated carbocycles. The molecule has 0 spiro atoms. The second-order valence-corrected chi connectivity index (χ2v) is 6.88. The van der Waals surface area contributed by atoms with Crippen LogP contribution < -0.4 is 4.72 Å². The molecule has 0 aliphatic carbocycles. The first-order valence-corrected chi connectivity index (χ1v) is 8.55. The molecule has 0 bridgehead atoms. The van der Waals surface area contributed by atoms with Crippen molar-refractivity contribution >= 4 is 16.0 Å². The summed E-state index contributed by atoms with van der Waals surface area (Å²) < 4.78 is 26.5. The van der Waals surface area contributed by atoms with E-state index < -0.39 is 22.0 Å². The Morgan fingerprint density at radius 3 is 2.17 bits per heavy atom. The number of hydrogen-bond acceptors (Lipinski definition) is 4. The number of rotatable bonds is 7. The summed E-state index contributed by atoms with van der Waals surface area (Å²) in [5.74, 6) is -1.48. The van der Waals surface area contributed by atoms with Crippen molar-refractivity contribution in [2.45, 2.75) is 18.2 Å². The average Bonchev–Trinajstić information content (AvgIpc) is 2.49. The van der Waals surface area contributed by atoms with Gasteiger partial charge in [-0.05, 0) is 29.7 Å². The lowest BCUT2D eigenvalue weighted by Crippen LogP contribution is -2.42. The van der Waals surface area contributed by atoms with E-state index in [2.05, 4.69) is 4.72 Å². The zero-order valence-corrected chi connectivity index (χ0v) is 13.0. The Bertz CT molecular complexity index is 757. The molecule has 0 fully saturated rings. The van der Waals surface area contributed by atoms with Crippen LogP contribution in [0, 0.1) is 0 Å². The second kappa shape index (κ2) is 7.26. The number of benzene rings is 2. The van der Waals surface area contributed by atoms with Gasteiger partial charge in [0.05, 0.1) is 5.75 Å². The van der Waals surface area contributed by atoms with E-state index in [1.807, 2.05) is 0 Å². The van der Waals surface area contributed by atoms with E-state index in [1.165, 1.54) is 12.1 Å². The minimum atomic E-state index is -3.79. The molecule has 0 unspecified atom stereocenters. The Morgan fingerprint density at radius 2 is 1.61 bits per heavy atom. The molecule has 0 aliphatic rings. The molecule has 0 amide bonds. The van der Waals surface area contributed by atoms with Crippen LogP contribution in [0.4, 0.5) is 0 Å². The summed E-state index contributed by atoms with van der Waals surface area (Å²) in [5.41, 5.74) is 1.19. The van der Waals surface area contributed by atoms with Crippen molar-refractivity contribution in [3.63, 3.8) is 0 Å². The highest BCUT2D eigenvalue weighted by Gasteiger charge is 2.24. The predicted molar refractivity (Wildman–Crippen MR) is 85.4 cm³/mol. The molecular formula is C16H17NO5S. The first kappa shape index (κ1) is 17.0. The fourth-order valence-electron chi connectivity index (χ4n) is 2.10. The minimum Gasteiger partial charge on any atom is -0.508 e. The van der Waals surface area contributed by atoms with Crippen molar-refractivity contribution in [3.8, 4) is 5.75 Å². The van der Waals surface area contributed by atoms with Gasteiger partial charge in [0.1, 0.15) is 11.8 Å². The Kier molecular flexibility index (Phi) is 5.36. The molecule has 6 nitrogen and oxygen atoms in total. The lowest BCUT2D eigenvalue weighted by Gasteiger charge is -2.15. The number of carboxylic acids is 1. The van der Waals surface area contributed by atoms with Crippen LogP contribution in [0.3, 0.4) is 0 Å². The van der Waals surface area contributed by atoms with Gasteiger partial charge in [-0.15, -0.1) is 0 Å². The molecule has 0 aromatic heterocycles. The van der Waals surface area contributed by atoms with Crippen molar-refractivity contribution in [3.05, 3.63) is 65.7 Å². The van der Waals surface area contributed by atoms with Gasteiger partial charge >= 0.3 is 5.97 Å². The third kappa shape index (κ3) is 5.39. The van der Waals surface area contributed by atoms with Gasteiger partial charge in [0.2, 0.25) is 10.0 Å². The molecule has 2 aromatic carbocycles. The summed E-state index contributed by atoms with van der Waals surface area (Å²) in [6.45, 7) is 0. The summed E-state index contributed by atoms with van der Waals surface area (Å²) in [4.78, 5) is 11.3. The number of phenols is 1. The molecule has 0 radical (unpaired) electrons. The quantitative estimate of drug-likeness (QED) is 0.711. The fraction of sp³-hybridized carbons (Fsp3) is 0.188. The van der Waals surface area contributed by atoms with E-state index in [4.69, 9.17) is 0 Å². The molecule has 23 heavy (non-hydrogen) atoms. The number of phenolic OH excluding ortho intramolecular Hbond substituents is 1. The molecule has 7 heteroatoms. The van der Waals surface area contributed by atoms with Crippen LogP contribution >= 0.6 is 0 Å². The molecular weight excluding hydrogens is 318 g/mol. The van der Waals surface area contributed by atoms with Crippen LogP contribution in [0.15, 0.2) is 54.6 Å². The Morgan fingerprint density at radius 1 is 1.00 bits per heavy atom. The first-order chi connectivity index (χ1) is 10.9. The van der Waals surface area contributed by atoms with Crippen molar-refractivity contribution < 1.29 is 23.4 Å². The maximum absolute atomic E-state index is 12.1. The molecule has 3 N–H and O–H groups in total. The highest BCUT2D eigenvalue weighted by Crippen LogP contribution is 2.12. The Hall–Kier alpha value is -2.38. The smallest absolute Gasteiger partial charge is 0.322 e. The normalized spacial score (nSPS) is 12.7. The minimum absolute atomic E-state index is 0.0103. The van der Waals surface area contributed by atoms with Crippen molar-refractivity contribution in [1.29, 1.82) is 0 Å². The van der Waals surface area contributed by atoms with Gasteiger partial charge in [-0.2, -0.15) is 0 Å². The maximum atomic E-state index is 12.1. The summed E-state index contributed by atoms with van der Waals surface area (Å²) in [7, 11) is -3.79. The number of carbonyl (C=O) groups is 1. The monoisotopic (exact) mass is 335 g/mol. The van der Waals surface area contributed by atoms with Crippen LogP contribution in [0.2, 0.25) is 0 Å². The molecule has 0 saturated heterocycles. The molecule has 0 aliphatic heterocycles. The van der Waals surface area contributed by atoms with Crippen LogP contribution in [-0.4, -0.2) is 30.6 Å². The van der Waals surface area contributed by atoms with Crippen LogP contribution in [0.5, 0.6) is 5.75 Å². The number of aromatic hydroxyl groups is 1. The van der Waals surface area contributed by atoms with E-state index in [0.29, 0.717) is 11.1 Å². The second-order valence-electron chi connectivity index (χ2n) is 5.12. The van der Waals surface area contributed by atoms with Crippen molar-refractivity contribution in [2.24, 2.45) is 0 Å². The van der Waals surface area contributed by atoms with Crippen molar-refractivity contribution in [1.82, 2.24) is 4.72 Å². The molecule has 0 heterocycles. The predicted octanol–water partition coefficient (Wildman–Crippen LogP) is 1.51. The summed E-state index contributed by atoms with van der Waals surface area (Å²) in [5, 5.41) is 18.5. The largest absolute Gasteiger partial charge is 0.508 e. The Labute approximate surface area is 134 Å². The molecule has 2 aromatic rings. The summed E-state index contributed by atoms with van der Waals surface area (Å²) in [6.07, 6.45) is -0.0103. The Balaban J connectivity index is 2.09. The van der Waals surface area contributed by atoms with E-state index in [1.54, 1.807) is 42.5 Å². The highest BCUT2D eigenvalue weighted by molar-refractivity contribution is 7.88. The van der Waals surface area contributed by atoms with Gasteiger partial charge in [-0.3, -0.25) is 4.79 Å². The third-order valence-corrected chi connectivity index (χ3v) is 4.55. The van der Waals surface area contributed by atoms with Gasteiger partial charge in [0, 0.05) is 0 Å². The SMILES string of the molecule is O=C(O)[C@@H](Cc1ccc(O)cc1)NS(=O)(=O)Cc1ccccc1. The zero-order chi connectivity index (χ0) is 16.9. The van der Waals surface area contributed by atoms with Crippen molar-refractivity contribution in [2.75, 3.05) is 0 Å². The molecule has 2 rings (SSSR count). The third-order valence-electron chi connectivity index (χ3n) is 3.20. The van der Waals surface area contributed by atoms with Crippen LogP contribution in [-0.2, 0) is 27.0 Å². The standard InChI is InChI=1S/C16H17NO5S/c18-14-8-6-12(7-9-14)10-15(16(19)20)17-23(21,22)11-13-4-2-1-3-5-13/h1-9,15,17-18H,10-11H2,(H,19,20)/t15-/m1/s1. The average molecular weight is 335 g/mol. The van der Waals surface area contributed by atoms with Gasteiger partial charge in [0.25, 0.3) is 0 Å². The number of nitrogens with one attached hydrogen (secondary N) is 1. The molecule has 122 valence electrons. The lowest BCUT2D eigenvalue weighted by molar-refractivity contribution is -0.138. The van der Waals surface area contributed by atoms with Gasteiger partial charge in [0.15, 0.2) is 0 Å². The van der Waals surface area contributed by atoms with Gasteiger partial charge < -0.3 is 10.2 Å². The van der Waals surface area contributed by atoms with E-state index in [0.717, 1.165) is 0 Å². The van der Waals surface area contributed by atoms with E-state index in [9.17, 15) is 23.4 Å². The number of carboxylic acid groups (broad SMARTS) is 1. The highest BCUT2D eigenvalue weighted by atomic mass is 32.2. The maximum Gasteiger partial charge on any atom is 0.322 e. The summed E-state index contributed by atoms with van der Waals surface area (Å²) >= 11 is 0.